The van der Waals surface area contributed by atoms with E-state index in [0.29, 0.717) is 0 Å². The molecule has 1 unspecified atom stereocenters. The van der Waals surface area contributed by atoms with Crippen molar-refractivity contribution in [3.63, 3.8) is 0 Å². The van der Waals surface area contributed by atoms with Crippen molar-refractivity contribution in [1.82, 2.24) is 16.0 Å². The lowest BCUT2D eigenvalue weighted by Gasteiger charge is -2.18. The van der Waals surface area contributed by atoms with Gasteiger partial charge in [-0.3, -0.25) is 9.59 Å². The number of carboxylic acids is 1. The SMILES string of the molecule is CC(C)NC(=O)C(C)NC(=O)N[C@@H](CC(N)=O)C(=O)O. The molecule has 0 spiro atoms. The number of aliphatic carboxylic acids is 1. The molecule has 9 heteroatoms. The zero-order valence-corrected chi connectivity index (χ0v) is 11.6. The second kappa shape index (κ2) is 7.97. The van der Waals surface area contributed by atoms with E-state index in [1.807, 2.05) is 0 Å². The summed E-state index contributed by atoms with van der Waals surface area (Å²) in [7, 11) is 0. The molecule has 0 aromatic carbocycles. The molecule has 2 atom stereocenters. The molecule has 0 fully saturated rings. The fourth-order valence-corrected chi connectivity index (χ4v) is 1.27. The van der Waals surface area contributed by atoms with Crippen molar-refractivity contribution in [2.24, 2.45) is 5.73 Å². The van der Waals surface area contributed by atoms with E-state index in [-0.39, 0.29) is 6.04 Å². The van der Waals surface area contributed by atoms with Crippen LogP contribution < -0.4 is 21.7 Å². The minimum Gasteiger partial charge on any atom is -0.480 e. The summed E-state index contributed by atoms with van der Waals surface area (Å²) in [6, 6.07) is -3.24. The van der Waals surface area contributed by atoms with Crippen molar-refractivity contribution in [2.75, 3.05) is 0 Å². The number of nitrogens with two attached hydrogens (primary N) is 1. The van der Waals surface area contributed by atoms with Crippen LogP contribution in [0.25, 0.3) is 0 Å². The maximum atomic E-state index is 11.5. The molecule has 0 aromatic heterocycles. The Bertz CT molecular complexity index is 396. The number of carbonyl (C=O) groups excluding carboxylic acids is 3. The van der Waals surface area contributed by atoms with Crippen LogP contribution >= 0.6 is 0 Å². The minimum atomic E-state index is -1.44. The molecule has 0 aliphatic rings. The lowest BCUT2D eigenvalue weighted by Crippen LogP contribution is -2.53. The second-order valence-electron chi connectivity index (χ2n) is 4.56. The fourth-order valence-electron chi connectivity index (χ4n) is 1.27. The Hall–Kier alpha value is -2.32. The van der Waals surface area contributed by atoms with Crippen LogP contribution in [0.2, 0.25) is 0 Å². The van der Waals surface area contributed by atoms with Crippen LogP contribution in [0.5, 0.6) is 0 Å². The summed E-state index contributed by atoms with van der Waals surface area (Å²) in [5.74, 6) is -2.65. The Morgan fingerprint density at radius 2 is 1.60 bits per heavy atom. The Balaban J connectivity index is 4.42. The summed E-state index contributed by atoms with van der Waals surface area (Å²) >= 11 is 0. The van der Waals surface area contributed by atoms with Crippen LogP contribution in [0.15, 0.2) is 0 Å². The molecule has 0 aliphatic carbocycles. The summed E-state index contributed by atoms with van der Waals surface area (Å²) in [4.78, 5) is 44.5. The molecule has 4 amide bonds. The van der Waals surface area contributed by atoms with E-state index in [1.54, 1.807) is 13.8 Å². The first-order valence-electron chi connectivity index (χ1n) is 6.02. The predicted molar refractivity (Wildman–Crippen MR) is 69.6 cm³/mol. The number of hydrogen-bond acceptors (Lipinski definition) is 4. The van der Waals surface area contributed by atoms with Gasteiger partial charge in [0.05, 0.1) is 6.42 Å². The molecule has 0 saturated carbocycles. The molecule has 114 valence electrons. The minimum absolute atomic E-state index is 0.0866. The summed E-state index contributed by atoms with van der Waals surface area (Å²) in [6.45, 7) is 4.97. The molecule has 0 rings (SSSR count). The van der Waals surface area contributed by atoms with Crippen molar-refractivity contribution in [3.05, 3.63) is 0 Å². The lowest BCUT2D eigenvalue weighted by atomic mass is 10.2. The molecule has 0 aromatic rings. The zero-order valence-electron chi connectivity index (χ0n) is 11.6. The lowest BCUT2D eigenvalue weighted by molar-refractivity contribution is -0.140. The Morgan fingerprint density at radius 3 is 2.00 bits per heavy atom. The third-order valence-electron chi connectivity index (χ3n) is 2.18. The summed E-state index contributed by atoms with van der Waals surface area (Å²) in [5.41, 5.74) is 4.87. The van der Waals surface area contributed by atoms with Crippen LogP contribution in [0.1, 0.15) is 27.2 Å². The van der Waals surface area contributed by atoms with Crippen molar-refractivity contribution in [3.8, 4) is 0 Å². The third-order valence-corrected chi connectivity index (χ3v) is 2.18. The number of carboxylic acid groups (broad SMARTS) is 1. The molecule has 0 bridgehead atoms. The van der Waals surface area contributed by atoms with Gasteiger partial charge in [0.2, 0.25) is 11.8 Å². The Labute approximate surface area is 116 Å². The topological polar surface area (TPSA) is 151 Å². The molecule has 9 nitrogen and oxygen atoms in total. The van der Waals surface area contributed by atoms with E-state index in [1.165, 1.54) is 6.92 Å². The summed E-state index contributed by atoms with van der Waals surface area (Å²) < 4.78 is 0. The first kappa shape index (κ1) is 17.7. The highest BCUT2D eigenvalue weighted by atomic mass is 16.4. The van der Waals surface area contributed by atoms with E-state index in [0.717, 1.165) is 0 Å². The number of carbonyl (C=O) groups is 4. The highest BCUT2D eigenvalue weighted by molar-refractivity contribution is 5.90. The van der Waals surface area contributed by atoms with Gasteiger partial charge in [-0.25, -0.2) is 9.59 Å². The molecular formula is C11H20N4O5. The van der Waals surface area contributed by atoms with Crippen molar-refractivity contribution in [1.29, 1.82) is 0 Å². The van der Waals surface area contributed by atoms with E-state index in [9.17, 15) is 19.2 Å². The van der Waals surface area contributed by atoms with Crippen LogP contribution in [0, 0.1) is 0 Å². The van der Waals surface area contributed by atoms with Gasteiger partial charge in [0, 0.05) is 6.04 Å². The Morgan fingerprint density at radius 1 is 1.05 bits per heavy atom. The average Bonchev–Trinajstić information content (AvgIpc) is 2.25. The van der Waals surface area contributed by atoms with Crippen molar-refractivity contribution in [2.45, 2.75) is 45.3 Å². The van der Waals surface area contributed by atoms with E-state index < -0.39 is 42.3 Å². The quantitative estimate of drug-likeness (QED) is 0.387. The van der Waals surface area contributed by atoms with E-state index in [2.05, 4.69) is 16.0 Å². The van der Waals surface area contributed by atoms with Gasteiger partial charge in [0.1, 0.15) is 12.1 Å². The predicted octanol–water partition coefficient (Wildman–Crippen LogP) is -1.47. The molecule has 0 radical (unpaired) electrons. The molecule has 6 N–H and O–H groups in total. The van der Waals surface area contributed by atoms with Crippen molar-refractivity contribution < 1.29 is 24.3 Å². The van der Waals surface area contributed by atoms with Crippen LogP contribution in [0.3, 0.4) is 0 Å². The van der Waals surface area contributed by atoms with Gasteiger partial charge in [0.15, 0.2) is 0 Å². The highest BCUT2D eigenvalue weighted by Gasteiger charge is 2.24. The molecular weight excluding hydrogens is 268 g/mol. The van der Waals surface area contributed by atoms with Gasteiger partial charge in [-0.05, 0) is 20.8 Å². The largest absolute Gasteiger partial charge is 0.480 e. The number of hydrogen-bond donors (Lipinski definition) is 5. The maximum Gasteiger partial charge on any atom is 0.326 e. The normalized spacial score (nSPS) is 13.2. The third kappa shape index (κ3) is 7.19. The van der Waals surface area contributed by atoms with E-state index in [4.69, 9.17) is 10.8 Å². The van der Waals surface area contributed by atoms with Gasteiger partial charge >= 0.3 is 12.0 Å². The molecule has 0 heterocycles. The summed E-state index contributed by atoms with van der Waals surface area (Å²) in [6.07, 6.45) is -0.532. The van der Waals surface area contributed by atoms with Gasteiger partial charge in [0.25, 0.3) is 0 Å². The van der Waals surface area contributed by atoms with Gasteiger partial charge in [-0.1, -0.05) is 0 Å². The van der Waals surface area contributed by atoms with Gasteiger partial charge in [-0.2, -0.15) is 0 Å². The molecule has 0 aliphatic heterocycles. The number of primary amides is 1. The second-order valence-corrected chi connectivity index (χ2v) is 4.56. The summed E-state index contributed by atoms with van der Waals surface area (Å²) in [5, 5.41) is 15.7. The number of rotatable bonds is 7. The van der Waals surface area contributed by atoms with Gasteiger partial charge in [-0.15, -0.1) is 0 Å². The smallest absolute Gasteiger partial charge is 0.326 e. The zero-order chi connectivity index (χ0) is 15.9. The van der Waals surface area contributed by atoms with Crippen LogP contribution in [-0.2, 0) is 14.4 Å². The molecule has 20 heavy (non-hydrogen) atoms. The van der Waals surface area contributed by atoms with Gasteiger partial charge < -0.3 is 26.8 Å². The Kier molecular flexibility index (Phi) is 7.05. The first-order chi connectivity index (χ1) is 9.13. The van der Waals surface area contributed by atoms with E-state index >= 15 is 0 Å². The fraction of sp³-hybridized carbons (Fsp3) is 0.636. The van der Waals surface area contributed by atoms with Crippen LogP contribution in [0.4, 0.5) is 4.79 Å². The monoisotopic (exact) mass is 288 g/mol. The number of urea groups is 1. The van der Waals surface area contributed by atoms with Crippen LogP contribution in [-0.4, -0.2) is 47.0 Å². The molecule has 0 saturated heterocycles. The highest BCUT2D eigenvalue weighted by Crippen LogP contribution is 1.92. The standard InChI is InChI=1S/C11H20N4O5/c1-5(2)13-9(17)6(3)14-11(20)15-7(10(18)19)4-8(12)16/h5-7H,4H2,1-3H3,(H2,12,16)(H,13,17)(H,18,19)(H2,14,15,20)/t6?,7-/m0/s1. The number of nitrogens with one attached hydrogen (secondary N) is 3. The van der Waals surface area contributed by atoms with Crippen molar-refractivity contribution >= 4 is 23.8 Å². The maximum absolute atomic E-state index is 11.5. The first-order valence-corrected chi connectivity index (χ1v) is 6.02. The number of amides is 4. The average molecular weight is 288 g/mol.